The largest absolute Gasteiger partial charge is 0.446 e. The number of carbonyl (C=O) groups is 1. The number of nitrogens with zero attached hydrogens (tertiary/aromatic N) is 1. The molecule has 0 spiro atoms. The van der Waals surface area contributed by atoms with E-state index in [0.717, 1.165) is 37.0 Å². The zero-order valence-corrected chi connectivity index (χ0v) is 7.04. The molecule has 0 bridgehead atoms. The fourth-order valence-electron chi connectivity index (χ4n) is 1.65. The zero-order chi connectivity index (χ0) is 8.55. The van der Waals surface area contributed by atoms with Gasteiger partial charge in [-0.2, -0.15) is 0 Å². The standard InChI is InChI=1S/C9H11NO2/c1-6-10-8-3-2-7(5-11)4-9(8)12-6/h5,7H,2-4H2,1H3. The fourth-order valence-corrected chi connectivity index (χ4v) is 1.65. The van der Waals surface area contributed by atoms with Gasteiger partial charge in [-0.05, 0) is 12.8 Å². The molecule has 2 rings (SSSR count). The number of aldehydes is 1. The molecule has 0 saturated carbocycles. The fraction of sp³-hybridized carbons (Fsp3) is 0.556. The Morgan fingerprint density at radius 2 is 2.50 bits per heavy atom. The Morgan fingerprint density at radius 3 is 3.25 bits per heavy atom. The molecular formula is C9H11NO2. The molecule has 1 aromatic rings. The first-order chi connectivity index (χ1) is 5.79. The van der Waals surface area contributed by atoms with Gasteiger partial charge in [-0.15, -0.1) is 0 Å². The molecule has 64 valence electrons. The first-order valence-corrected chi connectivity index (χ1v) is 4.20. The van der Waals surface area contributed by atoms with Gasteiger partial charge < -0.3 is 9.21 Å². The van der Waals surface area contributed by atoms with Crippen LogP contribution in [0.2, 0.25) is 0 Å². The Balaban J connectivity index is 2.28. The summed E-state index contributed by atoms with van der Waals surface area (Å²) in [4.78, 5) is 14.8. The van der Waals surface area contributed by atoms with Gasteiger partial charge in [0.15, 0.2) is 5.89 Å². The van der Waals surface area contributed by atoms with Gasteiger partial charge in [0.2, 0.25) is 0 Å². The van der Waals surface area contributed by atoms with Gasteiger partial charge in [0.05, 0.1) is 5.69 Å². The summed E-state index contributed by atoms with van der Waals surface area (Å²) < 4.78 is 5.37. The molecule has 0 saturated heterocycles. The first kappa shape index (κ1) is 7.53. The molecule has 0 fully saturated rings. The van der Waals surface area contributed by atoms with Crippen LogP contribution in [0.4, 0.5) is 0 Å². The predicted octanol–water partition coefficient (Wildman–Crippen LogP) is 1.29. The lowest BCUT2D eigenvalue weighted by Gasteiger charge is -2.13. The van der Waals surface area contributed by atoms with E-state index in [0.29, 0.717) is 5.89 Å². The number of rotatable bonds is 1. The molecule has 1 aromatic heterocycles. The van der Waals surface area contributed by atoms with E-state index in [1.165, 1.54) is 0 Å². The monoisotopic (exact) mass is 165 g/mol. The number of oxazole rings is 1. The van der Waals surface area contributed by atoms with E-state index in [4.69, 9.17) is 4.42 Å². The van der Waals surface area contributed by atoms with Crippen molar-refractivity contribution in [2.75, 3.05) is 0 Å². The second kappa shape index (κ2) is 2.73. The highest BCUT2D eigenvalue weighted by Gasteiger charge is 2.22. The summed E-state index contributed by atoms with van der Waals surface area (Å²) in [6.07, 6.45) is 3.55. The molecular weight excluding hydrogens is 154 g/mol. The predicted molar refractivity (Wildman–Crippen MR) is 42.8 cm³/mol. The summed E-state index contributed by atoms with van der Waals surface area (Å²) in [6.45, 7) is 1.84. The van der Waals surface area contributed by atoms with E-state index in [1.54, 1.807) is 0 Å². The van der Waals surface area contributed by atoms with Gasteiger partial charge in [-0.25, -0.2) is 4.98 Å². The van der Waals surface area contributed by atoms with Gasteiger partial charge in [-0.3, -0.25) is 0 Å². The van der Waals surface area contributed by atoms with E-state index in [-0.39, 0.29) is 5.92 Å². The highest BCUT2D eigenvalue weighted by molar-refractivity contribution is 5.54. The quantitative estimate of drug-likeness (QED) is 0.589. The molecule has 1 heterocycles. The van der Waals surface area contributed by atoms with E-state index >= 15 is 0 Å². The maximum absolute atomic E-state index is 10.5. The molecule has 1 aliphatic carbocycles. The number of fused-ring (bicyclic) bond motifs is 1. The Labute approximate surface area is 70.8 Å². The second-order valence-corrected chi connectivity index (χ2v) is 3.24. The van der Waals surface area contributed by atoms with Crippen molar-refractivity contribution in [3.63, 3.8) is 0 Å². The van der Waals surface area contributed by atoms with Crippen molar-refractivity contribution in [2.45, 2.75) is 26.2 Å². The Bertz CT molecular complexity index is 303. The summed E-state index contributed by atoms with van der Waals surface area (Å²) in [6, 6.07) is 0. The van der Waals surface area contributed by atoms with Crippen LogP contribution in [-0.2, 0) is 17.6 Å². The van der Waals surface area contributed by atoms with Gasteiger partial charge in [0.1, 0.15) is 12.0 Å². The highest BCUT2D eigenvalue weighted by atomic mass is 16.4. The maximum Gasteiger partial charge on any atom is 0.191 e. The van der Waals surface area contributed by atoms with Crippen LogP contribution in [0.3, 0.4) is 0 Å². The topological polar surface area (TPSA) is 43.1 Å². The number of hydrogen-bond acceptors (Lipinski definition) is 3. The van der Waals surface area contributed by atoms with Crippen LogP contribution < -0.4 is 0 Å². The molecule has 3 heteroatoms. The van der Waals surface area contributed by atoms with E-state index < -0.39 is 0 Å². The lowest BCUT2D eigenvalue weighted by Crippen LogP contribution is -2.14. The minimum Gasteiger partial charge on any atom is -0.446 e. The minimum atomic E-state index is 0.143. The van der Waals surface area contributed by atoms with E-state index in [2.05, 4.69) is 4.98 Å². The van der Waals surface area contributed by atoms with Crippen LogP contribution >= 0.6 is 0 Å². The average Bonchev–Trinajstić information content (AvgIpc) is 2.43. The minimum absolute atomic E-state index is 0.143. The van der Waals surface area contributed by atoms with Crippen molar-refractivity contribution in [2.24, 2.45) is 5.92 Å². The van der Waals surface area contributed by atoms with Crippen molar-refractivity contribution < 1.29 is 9.21 Å². The summed E-state index contributed by atoms with van der Waals surface area (Å²) >= 11 is 0. The van der Waals surface area contributed by atoms with Crippen LogP contribution in [0.25, 0.3) is 0 Å². The third kappa shape index (κ3) is 1.15. The van der Waals surface area contributed by atoms with E-state index in [9.17, 15) is 4.79 Å². The molecule has 1 unspecified atom stereocenters. The summed E-state index contributed by atoms with van der Waals surface area (Å²) in [5.74, 6) is 1.77. The Kier molecular flexibility index (Phi) is 1.71. The average molecular weight is 165 g/mol. The van der Waals surface area contributed by atoms with Crippen LogP contribution in [0.5, 0.6) is 0 Å². The molecule has 0 aromatic carbocycles. The second-order valence-electron chi connectivity index (χ2n) is 3.24. The van der Waals surface area contributed by atoms with Crippen molar-refractivity contribution in [3.05, 3.63) is 17.3 Å². The smallest absolute Gasteiger partial charge is 0.191 e. The number of aromatic nitrogens is 1. The van der Waals surface area contributed by atoms with Crippen LogP contribution in [0.1, 0.15) is 23.8 Å². The van der Waals surface area contributed by atoms with Crippen molar-refractivity contribution >= 4 is 6.29 Å². The summed E-state index contributed by atoms with van der Waals surface area (Å²) in [5.41, 5.74) is 1.05. The normalized spacial score (nSPS) is 21.9. The number of hydrogen-bond donors (Lipinski definition) is 0. The van der Waals surface area contributed by atoms with Gasteiger partial charge in [0.25, 0.3) is 0 Å². The van der Waals surface area contributed by atoms with Crippen LogP contribution in [0.15, 0.2) is 4.42 Å². The number of aryl methyl sites for hydroxylation is 2. The van der Waals surface area contributed by atoms with Crippen LogP contribution in [-0.4, -0.2) is 11.3 Å². The van der Waals surface area contributed by atoms with Crippen molar-refractivity contribution in [3.8, 4) is 0 Å². The van der Waals surface area contributed by atoms with E-state index in [1.807, 2.05) is 6.92 Å². The third-order valence-corrected chi connectivity index (χ3v) is 2.28. The van der Waals surface area contributed by atoms with Crippen molar-refractivity contribution in [1.82, 2.24) is 4.98 Å². The molecule has 0 amide bonds. The lowest BCUT2D eigenvalue weighted by molar-refractivity contribution is -0.111. The SMILES string of the molecule is Cc1nc2c(o1)CC(C=O)CC2. The summed E-state index contributed by atoms with van der Waals surface area (Å²) in [7, 11) is 0. The van der Waals surface area contributed by atoms with Gasteiger partial charge in [0, 0.05) is 19.3 Å². The van der Waals surface area contributed by atoms with Crippen LogP contribution in [0, 0.1) is 12.8 Å². The summed E-state index contributed by atoms with van der Waals surface area (Å²) in [5, 5.41) is 0. The Hall–Kier alpha value is -1.12. The maximum atomic E-state index is 10.5. The van der Waals surface area contributed by atoms with Gasteiger partial charge in [-0.1, -0.05) is 0 Å². The first-order valence-electron chi connectivity index (χ1n) is 4.20. The highest BCUT2D eigenvalue weighted by Crippen LogP contribution is 2.24. The molecule has 12 heavy (non-hydrogen) atoms. The number of carbonyl (C=O) groups excluding carboxylic acids is 1. The lowest BCUT2D eigenvalue weighted by atomic mass is 9.92. The molecule has 0 radical (unpaired) electrons. The van der Waals surface area contributed by atoms with Gasteiger partial charge >= 0.3 is 0 Å². The Morgan fingerprint density at radius 1 is 1.67 bits per heavy atom. The molecule has 3 nitrogen and oxygen atoms in total. The molecule has 1 atom stereocenters. The molecule has 0 aliphatic heterocycles. The zero-order valence-electron chi connectivity index (χ0n) is 7.04. The molecule has 1 aliphatic rings. The van der Waals surface area contributed by atoms with Crippen molar-refractivity contribution in [1.29, 1.82) is 0 Å². The third-order valence-electron chi connectivity index (χ3n) is 2.28. The molecule has 0 N–H and O–H groups in total.